The highest BCUT2D eigenvalue weighted by Crippen LogP contribution is 2.35. The molecule has 0 bridgehead atoms. The molecule has 39 heavy (non-hydrogen) atoms. The Labute approximate surface area is 242 Å². The molecule has 15 heteroatoms. The van der Waals surface area contributed by atoms with Crippen LogP contribution in [0.25, 0.3) is 0 Å². The highest BCUT2D eigenvalue weighted by atomic mass is 35.5. The molecule has 1 aliphatic rings. The van der Waals surface area contributed by atoms with Gasteiger partial charge in [0.25, 0.3) is 11.8 Å². The fourth-order valence-corrected chi connectivity index (χ4v) is 5.25. The molecule has 0 saturated carbocycles. The topological polar surface area (TPSA) is 151 Å². The van der Waals surface area contributed by atoms with E-state index in [0.29, 0.717) is 36.2 Å². The van der Waals surface area contributed by atoms with E-state index in [4.69, 9.17) is 45.3 Å². The lowest BCUT2D eigenvalue weighted by atomic mass is 10.1. The minimum Gasteiger partial charge on any atom is -0.494 e. The lowest BCUT2D eigenvalue weighted by Gasteiger charge is -2.17. The SMILES string of the molecule is COc1cc(Cl)cc(C(=O)Nc2ccc(Cl)cn2)c1NC(=O)c1scc(CN2CCN/C2=N/CC(N)=O)c1Cl. The summed E-state index contributed by atoms with van der Waals surface area (Å²) in [4.78, 5) is 47.9. The van der Waals surface area contributed by atoms with Gasteiger partial charge in [0.05, 0.1) is 28.4 Å². The van der Waals surface area contributed by atoms with Crippen LogP contribution in [0.1, 0.15) is 25.6 Å². The number of ether oxygens (including phenoxy) is 1. The molecule has 1 aliphatic heterocycles. The van der Waals surface area contributed by atoms with Crippen LogP contribution in [0, 0.1) is 0 Å². The van der Waals surface area contributed by atoms with E-state index in [1.54, 1.807) is 11.4 Å². The van der Waals surface area contributed by atoms with Gasteiger partial charge in [-0.1, -0.05) is 34.8 Å². The van der Waals surface area contributed by atoms with E-state index in [9.17, 15) is 14.4 Å². The zero-order chi connectivity index (χ0) is 28.1. The van der Waals surface area contributed by atoms with Gasteiger partial charge in [0.15, 0.2) is 5.96 Å². The number of nitrogens with two attached hydrogens (primary N) is 1. The van der Waals surface area contributed by atoms with Crippen LogP contribution in [0.4, 0.5) is 11.5 Å². The van der Waals surface area contributed by atoms with Crippen LogP contribution in [0.15, 0.2) is 40.8 Å². The van der Waals surface area contributed by atoms with Gasteiger partial charge in [-0.3, -0.25) is 14.4 Å². The van der Waals surface area contributed by atoms with Crippen molar-refractivity contribution in [2.45, 2.75) is 6.54 Å². The number of aliphatic imine (C=N–C) groups is 1. The fraction of sp³-hybridized carbons (Fsp3) is 0.208. The minimum absolute atomic E-state index is 0.0517. The monoisotopic (exact) mass is 609 g/mol. The van der Waals surface area contributed by atoms with E-state index >= 15 is 0 Å². The summed E-state index contributed by atoms with van der Waals surface area (Å²) in [7, 11) is 1.39. The predicted molar refractivity (Wildman–Crippen MR) is 152 cm³/mol. The molecule has 1 aromatic carbocycles. The van der Waals surface area contributed by atoms with Gasteiger partial charge in [-0.15, -0.1) is 11.3 Å². The van der Waals surface area contributed by atoms with Crippen LogP contribution in [0.2, 0.25) is 15.1 Å². The molecule has 0 aliphatic carbocycles. The molecule has 3 amide bonds. The van der Waals surface area contributed by atoms with Crippen molar-refractivity contribution < 1.29 is 19.1 Å². The third kappa shape index (κ3) is 6.90. The molecule has 2 aromatic heterocycles. The van der Waals surface area contributed by atoms with Crippen molar-refractivity contribution in [2.24, 2.45) is 10.7 Å². The molecule has 1 fully saturated rings. The maximum atomic E-state index is 13.3. The second kappa shape index (κ2) is 12.5. The molecule has 11 nitrogen and oxygen atoms in total. The second-order valence-electron chi connectivity index (χ2n) is 8.16. The number of pyridine rings is 1. The Morgan fingerprint density at radius 2 is 1.97 bits per heavy atom. The molecular formula is C24H22Cl3N7O4S. The van der Waals surface area contributed by atoms with Crippen molar-refractivity contribution in [2.75, 3.05) is 37.4 Å². The number of methoxy groups -OCH3 is 1. The number of primary amides is 1. The van der Waals surface area contributed by atoms with Gasteiger partial charge < -0.3 is 31.3 Å². The van der Waals surface area contributed by atoms with Crippen molar-refractivity contribution in [1.29, 1.82) is 0 Å². The number of aromatic nitrogens is 1. The van der Waals surface area contributed by atoms with Gasteiger partial charge in [0.1, 0.15) is 23.0 Å². The van der Waals surface area contributed by atoms with Gasteiger partial charge in [-0.05, 0) is 23.6 Å². The van der Waals surface area contributed by atoms with Gasteiger partial charge in [0.2, 0.25) is 5.91 Å². The lowest BCUT2D eigenvalue weighted by Crippen LogP contribution is -2.31. The molecular weight excluding hydrogens is 589 g/mol. The zero-order valence-electron chi connectivity index (χ0n) is 20.4. The maximum Gasteiger partial charge on any atom is 0.267 e. The summed E-state index contributed by atoms with van der Waals surface area (Å²) >= 11 is 19.8. The van der Waals surface area contributed by atoms with Crippen molar-refractivity contribution in [3.05, 3.63) is 66.9 Å². The van der Waals surface area contributed by atoms with Crippen molar-refractivity contribution in [3.63, 3.8) is 0 Å². The summed E-state index contributed by atoms with van der Waals surface area (Å²) in [6.45, 7) is 1.49. The Kier molecular flexibility index (Phi) is 9.12. The number of amides is 3. The van der Waals surface area contributed by atoms with E-state index in [2.05, 4.69) is 25.9 Å². The second-order valence-corrected chi connectivity index (χ2v) is 10.3. The number of halogens is 3. The Hall–Kier alpha value is -3.58. The van der Waals surface area contributed by atoms with Gasteiger partial charge >= 0.3 is 0 Å². The summed E-state index contributed by atoms with van der Waals surface area (Å²) in [6.07, 6.45) is 1.39. The normalized spacial score (nSPS) is 13.7. The number of hydrogen-bond donors (Lipinski definition) is 4. The Morgan fingerprint density at radius 3 is 2.67 bits per heavy atom. The Bertz CT molecular complexity index is 1450. The smallest absolute Gasteiger partial charge is 0.267 e. The molecule has 1 saturated heterocycles. The standard InChI is InChI=1S/C24H22Cl3N7O4S/c1-38-16-7-14(26)6-15(22(36)32-18-3-2-13(25)8-30-18)20(16)33-23(37)21-19(27)12(11-39-21)10-34-5-4-29-24(34)31-9-17(28)35/h2-3,6-8,11H,4-5,9-10H2,1H3,(H2,28,35)(H,29,31)(H,33,37)(H,30,32,36). The van der Waals surface area contributed by atoms with Crippen LogP contribution < -0.4 is 26.4 Å². The molecule has 0 unspecified atom stereocenters. The number of guanidine groups is 1. The number of nitrogens with one attached hydrogen (secondary N) is 3. The number of thiophene rings is 1. The third-order valence-corrected chi connectivity index (χ3v) is 7.47. The number of carbonyl (C=O) groups excluding carboxylic acids is 3. The average molecular weight is 611 g/mol. The average Bonchev–Trinajstić information content (AvgIpc) is 3.50. The first-order valence-corrected chi connectivity index (χ1v) is 13.4. The van der Waals surface area contributed by atoms with Gasteiger partial charge in [0, 0.05) is 42.5 Å². The predicted octanol–water partition coefficient (Wildman–Crippen LogP) is 3.86. The summed E-state index contributed by atoms with van der Waals surface area (Å²) in [5.41, 5.74) is 6.04. The van der Waals surface area contributed by atoms with Gasteiger partial charge in [-0.25, -0.2) is 9.98 Å². The van der Waals surface area contributed by atoms with E-state index < -0.39 is 17.7 Å². The first-order chi connectivity index (χ1) is 18.7. The zero-order valence-corrected chi connectivity index (χ0v) is 23.5. The number of rotatable bonds is 9. The Morgan fingerprint density at radius 1 is 1.18 bits per heavy atom. The number of hydrogen-bond acceptors (Lipinski definition) is 7. The van der Waals surface area contributed by atoms with Crippen LogP contribution in [0.3, 0.4) is 0 Å². The van der Waals surface area contributed by atoms with E-state index in [0.717, 1.165) is 11.3 Å². The van der Waals surface area contributed by atoms with Crippen molar-refractivity contribution >= 4 is 81.3 Å². The largest absolute Gasteiger partial charge is 0.494 e. The first-order valence-electron chi connectivity index (χ1n) is 11.4. The molecule has 0 spiro atoms. The molecule has 3 aromatic rings. The van der Waals surface area contributed by atoms with Crippen LogP contribution in [-0.2, 0) is 11.3 Å². The number of nitrogens with zero attached hydrogens (tertiary/aromatic N) is 3. The first kappa shape index (κ1) is 28.4. The number of anilines is 2. The highest BCUT2D eigenvalue weighted by Gasteiger charge is 2.25. The van der Waals surface area contributed by atoms with Crippen LogP contribution in [-0.4, -0.2) is 60.3 Å². The quantitative estimate of drug-likeness (QED) is 0.287. The highest BCUT2D eigenvalue weighted by molar-refractivity contribution is 7.13. The fourth-order valence-electron chi connectivity index (χ4n) is 3.68. The van der Waals surface area contributed by atoms with E-state index in [1.807, 2.05) is 4.90 Å². The van der Waals surface area contributed by atoms with Crippen molar-refractivity contribution in [3.8, 4) is 5.75 Å². The molecule has 0 atom stereocenters. The summed E-state index contributed by atoms with van der Waals surface area (Å²) in [5.74, 6) is -0.711. The maximum absolute atomic E-state index is 13.3. The molecule has 204 valence electrons. The number of carbonyl (C=O) groups is 3. The van der Waals surface area contributed by atoms with Crippen molar-refractivity contribution in [1.82, 2.24) is 15.2 Å². The number of benzene rings is 1. The third-order valence-electron chi connectivity index (χ3n) is 5.46. The molecule has 4 rings (SSSR count). The van der Waals surface area contributed by atoms with E-state index in [-0.39, 0.29) is 44.3 Å². The summed E-state index contributed by atoms with van der Waals surface area (Å²) in [6, 6.07) is 5.99. The molecule has 3 heterocycles. The van der Waals surface area contributed by atoms with Crippen LogP contribution in [0.5, 0.6) is 5.75 Å². The summed E-state index contributed by atoms with van der Waals surface area (Å²) < 4.78 is 5.39. The van der Waals surface area contributed by atoms with Gasteiger partial charge in [-0.2, -0.15) is 0 Å². The van der Waals surface area contributed by atoms with Crippen LogP contribution >= 0.6 is 46.1 Å². The molecule has 0 radical (unpaired) electrons. The lowest BCUT2D eigenvalue weighted by molar-refractivity contribution is -0.116. The molecule has 5 N–H and O–H groups in total. The Balaban J connectivity index is 1.56. The van der Waals surface area contributed by atoms with E-state index in [1.165, 1.54) is 31.5 Å². The minimum atomic E-state index is -0.580. The summed E-state index contributed by atoms with van der Waals surface area (Å²) in [5, 5.41) is 11.1.